The smallest absolute Gasteiger partial charge is 0.317 e. The molecule has 4 rings (SSSR count). The summed E-state index contributed by atoms with van der Waals surface area (Å²) in [6.07, 6.45) is 4.41. The Labute approximate surface area is 176 Å². The van der Waals surface area contributed by atoms with Crippen LogP contribution in [0.1, 0.15) is 29.5 Å². The van der Waals surface area contributed by atoms with Crippen molar-refractivity contribution in [1.82, 2.24) is 0 Å². The van der Waals surface area contributed by atoms with Crippen LogP contribution in [0.5, 0.6) is 5.75 Å². The molecule has 0 saturated carbocycles. The molecule has 3 N–H and O–H groups in total. The number of carbonyl (C=O) groups is 1. The number of aryl methyl sites for hydroxylation is 2. The van der Waals surface area contributed by atoms with Gasteiger partial charge in [-0.1, -0.05) is 54.1 Å². The number of ether oxygens (including phenoxy) is 1. The monoisotopic (exact) mass is 406 g/mol. The minimum Gasteiger partial charge on any atom is -0.426 e. The molecule has 1 atom stereocenters. The van der Waals surface area contributed by atoms with Crippen LogP contribution in [0.4, 0.5) is 0 Å². The van der Waals surface area contributed by atoms with Crippen LogP contribution < -0.4 is 10.5 Å². The molecule has 3 aromatic carbocycles. The lowest BCUT2D eigenvalue weighted by Gasteiger charge is -2.10. The normalized spacial score (nSPS) is 13.7. The maximum Gasteiger partial charge on any atom is 0.317 e. The first-order chi connectivity index (χ1) is 14.1. The predicted octanol–water partition coefficient (Wildman–Crippen LogP) is 4.64. The molecule has 4 heteroatoms. The minimum absolute atomic E-state index is 0.0334. The molecule has 0 aromatic heterocycles. The van der Waals surface area contributed by atoms with Gasteiger partial charge in [-0.25, -0.2) is 0 Å². The highest BCUT2D eigenvalue weighted by Crippen LogP contribution is 2.26. The summed E-state index contributed by atoms with van der Waals surface area (Å²) in [5, 5.41) is 0.728. The summed E-state index contributed by atoms with van der Waals surface area (Å²) in [4.78, 5) is 12.3. The second kappa shape index (κ2) is 8.81. The van der Waals surface area contributed by atoms with E-state index in [2.05, 4.69) is 36.1 Å². The van der Waals surface area contributed by atoms with Gasteiger partial charge in [0.25, 0.3) is 0 Å². The van der Waals surface area contributed by atoms with E-state index >= 15 is 0 Å². The lowest BCUT2D eigenvalue weighted by molar-refractivity contribution is -0.418. The van der Waals surface area contributed by atoms with Gasteiger partial charge in [0.15, 0.2) is 0 Å². The topological polar surface area (TPSA) is 53.9 Å². The van der Waals surface area contributed by atoms with Crippen molar-refractivity contribution in [3.05, 3.63) is 88.4 Å². The van der Waals surface area contributed by atoms with E-state index in [4.69, 9.17) is 16.3 Å². The Kier molecular flexibility index (Phi) is 5.98. The first kappa shape index (κ1) is 19.7. The molecule has 0 bridgehead atoms. The van der Waals surface area contributed by atoms with Crippen molar-refractivity contribution < 1.29 is 15.3 Å². The maximum atomic E-state index is 12.3. The molecule has 0 fully saturated rings. The number of esters is 1. The van der Waals surface area contributed by atoms with E-state index in [0.29, 0.717) is 12.2 Å². The number of quaternary nitrogens is 1. The molecule has 0 radical (unpaired) electrons. The molecule has 0 saturated heterocycles. The maximum absolute atomic E-state index is 12.3. The number of halogens is 1. The lowest BCUT2D eigenvalue weighted by atomic mass is 10.00. The molecule has 1 aliphatic rings. The average molecular weight is 407 g/mol. The van der Waals surface area contributed by atoms with E-state index in [1.54, 1.807) is 0 Å². The Morgan fingerprint density at radius 3 is 2.55 bits per heavy atom. The van der Waals surface area contributed by atoms with Crippen LogP contribution in [-0.2, 0) is 24.1 Å². The van der Waals surface area contributed by atoms with Crippen molar-refractivity contribution >= 4 is 17.6 Å². The minimum atomic E-state index is -0.224. The van der Waals surface area contributed by atoms with Crippen molar-refractivity contribution in [2.75, 3.05) is 0 Å². The van der Waals surface area contributed by atoms with Crippen LogP contribution in [0, 0.1) is 0 Å². The highest BCUT2D eigenvalue weighted by atomic mass is 35.5. The fourth-order valence-corrected chi connectivity index (χ4v) is 4.12. The Hall–Kier alpha value is -2.62. The third-order valence-corrected chi connectivity index (χ3v) is 5.63. The van der Waals surface area contributed by atoms with Crippen molar-refractivity contribution in [2.45, 2.75) is 38.1 Å². The summed E-state index contributed by atoms with van der Waals surface area (Å²) in [5.74, 6) is 0.423. The van der Waals surface area contributed by atoms with Gasteiger partial charge in [0.1, 0.15) is 5.75 Å². The summed E-state index contributed by atoms with van der Waals surface area (Å²) in [6.45, 7) is 0. The number of rotatable bonds is 6. The van der Waals surface area contributed by atoms with Gasteiger partial charge in [-0.2, -0.15) is 0 Å². The Balaban J connectivity index is 1.32. The Morgan fingerprint density at radius 1 is 0.966 bits per heavy atom. The van der Waals surface area contributed by atoms with Crippen LogP contribution in [0.2, 0.25) is 5.02 Å². The molecule has 1 aliphatic carbocycles. The molecule has 0 aliphatic heterocycles. The van der Waals surface area contributed by atoms with E-state index in [1.165, 1.54) is 17.5 Å². The van der Waals surface area contributed by atoms with Gasteiger partial charge in [-0.05, 0) is 71.3 Å². The lowest BCUT2D eigenvalue weighted by Crippen LogP contribution is -2.62. The van der Waals surface area contributed by atoms with Gasteiger partial charge in [0, 0.05) is 11.4 Å². The van der Waals surface area contributed by atoms with Gasteiger partial charge in [-0.15, -0.1) is 0 Å². The molecule has 29 heavy (non-hydrogen) atoms. The van der Waals surface area contributed by atoms with Gasteiger partial charge < -0.3 is 10.5 Å². The zero-order valence-electron chi connectivity index (χ0n) is 16.4. The molecular formula is C25H25ClNO2+. The van der Waals surface area contributed by atoms with Crippen molar-refractivity contribution in [1.29, 1.82) is 0 Å². The Morgan fingerprint density at radius 2 is 1.76 bits per heavy atom. The van der Waals surface area contributed by atoms with Crippen molar-refractivity contribution in [3.63, 3.8) is 0 Å². The fraction of sp³-hybridized carbons (Fsp3) is 0.240. The van der Waals surface area contributed by atoms with Crippen molar-refractivity contribution in [2.24, 2.45) is 0 Å². The van der Waals surface area contributed by atoms with E-state index in [-0.39, 0.29) is 12.0 Å². The summed E-state index contributed by atoms with van der Waals surface area (Å²) < 4.78 is 5.54. The molecule has 3 aromatic rings. The average Bonchev–Trinajstić information content (AvgIpc) is 3.16. The highest BCUT2D eigenvalue weighted by Gasteiger charge is 2.17. The molecule has 1 unspecified atom stereocenters. The molecule has 148 valence electrons. The molecule has 0 amide bonds. The standard InChI is InChI=1S/C25H24ClNO2/c26-22-6-2-5-20(14-22)19-9-7-17(8-10-19)13-23(27)16-25(28)29-24-12-11-18-3-1-4-21(18)15-24/h2,5-12,14-15,23H,1,3-4,13,16,27H2/p+1. The molecule has 0 heterocycles. The SMILES string of the molecule is [NH3+]C(CC(=O)Oc1ccc2c(c1)CCC2)Cc1ccc(-c2cccc(Cl)c2)cc1. The van der Waals surface area contributed by atoms with Gasteiger partial charge in [0.05, 0.1) is 12.5 Å². The van der Waals surface area contributed by atoms with Gasteiger partial charge in [0.2, 0.25) is 0 Å². The first-order valence-electron chi connectivity index (χ1n) is 10.1. The van der Waals surface area contributed by atoms with Crippen LogP contribution in [0.25, 0.3) is 11.1 Å². The molecule has 0 spiro atoms. The third kappa shape index (κ3) is 5.06. The number of hydrogen-bond acceptors (Lipinski definition) is 2. The van der Waals surface area contributed by atoms with E-state index in [9.17, 15) is 4.79 Å². The van der Waals surface area contributed by atoms with Crippen LogP contribution in [0.15, 0.2) is 66.7 Å². The number of carbonyl (C=O) groups excluding carboxylic acids is 1. The Bertz CT molecular complexity index is 1010. The van der Waals surface area contributed by atoms with E-state index in [1.807, 2.05) is 36.4 Å². The second-order valence-corrected chi connectivity index (χ2v) is 8.18. The van der Waals surface area contributed by atoms with Crippen LogP contribution >= 0.6 is 11.6 Å². The van der Waals surface area contributed by atoms with Gasteiger partial charge >= 0.3 is 5.97 Å². The first-order valence-corrected chi connectivity index (χ1v) is 10.4. The van der Waals surface area contributed by atoms with Crippen LogP contribution in [-0.4, -0.2) is 12.0 Å². The number of fused-ring (bicyclic) bond motifs is 1. The summed E-state index contributed by atoms with van der Waals surface area (Å²) >= 11 is 6.08. The predicted molar refractivity (Wildman–Crippen MR) is 116 cm³/mol. The van der Waals surface area contributed by atoms with Gasteiger partial charge in [-0.3, -0.25) is 4.79 Å². The highest BCUT2D eigenvalue weighted by molar-refractivity contribution is 6.30. The zero-order valence-corrected chi connectivity index (χ0v) is 17.1. The molecule has 3 nitrogen and oxygen atoms in total. The summed E-state index contributed by atoms with van der Waals surface area (Å²) in [5.41, 5.74) is 10.2. The van der Waals surface area contributed by atoms with Crippen molar-refractivity contribution in [3.8, 4) is 16.9 Å². The summed E-state index contributed by atoms with van der Waals surface area (Å²) in [6, 6.07) is 22.1. The quantitative estimate of drug-likeness (QED) is 0.478. The largest absolute Gasteiger partial charge is 0.426 e. The zero-order chi connectivity index (χ0) is 20.2. The van der Waals surface area contributed by atoms with E-state index < -0.39 is 0 Å². The second-order valence-electron chi connectivity index (χ2n) is 7.74. The van der Waals surface area contributed by atoms with Crippen LogP contribution in [0.3, 0.4) is 0 Å². The molecular weight excluding hydrogens is 382 g/mol. The number of benzene rings is 3. The van der Waals surface area contributed by atoms with E-state index in [0.717, 1.165) is 41.0 Å². The fourth-order valence-electron chi connectivity index (χ4n) is 3.93. The third-order valence-electron chi connectivity index (χ3n) is 5.39. The number of hydrogen-bond donors (Lipinski definition) is 1. The summed E-state index contributed by atoms with van der Waals surface area (Å²) in [7, 11) is 0.